The number of nitrogens with zero attached hydrogens (tertiary/aromatic N) is 2. The lowest BCUT2D eigenvalue weighted by Crippen LogP contribution is -1.96. The largest absolute Gasteiger partial charge is 0.411 e. The third kappa shape index (κ3) is 4.76. The average Bonchev–Trinajstić information content (AvgIpc) is 3.22. The fourth-order valence-corrected chi connectivity index (χ4v) is 3.62. The Morgan fingerprint density at radius 3 is 2.62 bits per heavy atom. The number of carbonyl (C=O) groups excluding carboxylic acids is 1. The molecule has 4 aromatic rings. The molecule has 0 unspecified atom stereocenters. The summed E-state index contributed by atoms with van der Waals surface area (Å²) in [6.07, 6.45) is 0.188. The average molecular weight is 463 g/mol. The molecule has 0 bridgehead atoms. The molecule has 0 spiro atoms. The van der Waals surface area contributed by atoms with Crippen molar-refractivity contribution in [3.05, 3.63) is 76.8 Å². The molecule has 0 atom stereocenters. The molecule has 29 heavy (non-hydrogen) atoms. The minimum absolute atomic E-state index is 0.00559. The fraction of sp³-hybridized carbons (Fsp3) is 0.0870. The lowest BCUT2D eigenvalue weighted by Gasteiger charge is -2.01. The van der Waals surface area contributed by atoms with Crippen LogP contribution in [0, 0.1) is 11.8 Å². The molecule has 0 aliphatic rings. The predicted molar refractivity (Wildman–Crippen MR) is 119 cm³/mol. The molecule has 4 nitrogen and oxygen atoms in total. The summed E-state index contributed by atoms with van der Waals surface area (Å²) in [7, 11) is 0. The summed E-state index contributed by atoms with van der Waals surface area (Å²) in [5.41, 5.74) is 1.57. The van der Waals surface area contributed by atoms with E-state index in [4.69, 9.17) is 4.42 Å². The minimum Gasteiger partial charge on any atom is -0.411 e. The zero-order valence-corrected chi connectivity index (χ0v) is 17.7. The van der Waals surface area contributed by atoms with Crippen LogP contribution < -0.4 is 0 Å². The van der Waals surface area contributed by atoms with Crippen molar-refractivity contribution in [3.63, 3.8) is 0 Å². The number of rotatable bonds is 5. The summed E-state index contributed by atoms with van der Waals surface area (Å²) in [4.78, 5) is 12.1. The van der Waals surface area contributed by atoms with E-state index < -0.39 is 0 Å². The molecule has 0 amide bonds. The standard InChI is InChI=1S/C23H15BrN2O2S/c24-18-13-11-17(12-14-18)21(27)10-3-4-15-29-23-26-25-22(28-23)20-9-5-7-16-6-1-2-8-19(16)20/h1-2,5-9,11-14H,10,15H2. The van der Waals surface area contributed by atoms with Crippen molar-refractivity contribution in [2.45, 2.75) is 11.6 Å². The van der Waals surface area contributed by atoms with Gasteiger partial charge in [-0.15, -0.1) is 10.2 Å². The monoisotopic (exact) mass is 462 g/mol. The highest BCUT2D eigenvalue weighted by Gasteiger charge is 2.11. The van der Waals surface area contributed by atoms with E-state index in [9.17, 15) is 4.79 Å². The van der Waals surface area contributed by atoms with E-state index in [0.717, 1.165) is 20.8 Å². The Morgan fingerprint density at radius 1 is 0.966 bits per heavy atom. The van der Waals surface area contributed by atoms with E-state index in [-0.39, 0.29) is 12.2 Å². The fourth-order valence-electron chi connectivity index (χ4n) is 2.82. The number of hydrogen-bond donors (Lipinski definition) is 0. The first kappa shape index (κ1) is 19.4. The van der Waals surface area contributed by atoms with Gasteiger partial charge in [0.1, 0.15) is 0 Å². The van der Waals surface area contributed by atoms with Gasteiger partial charge in [-0.1, -0.05) is 88.1 Å². The molecule has 1 aromatic heterocycles. The summed E-state index contributed by atoms with van der Waals surface area (Å²) in [5.74, 6) is 6.86. The second-order valence-corrected chi connectivity index (χ2v) is 7.99. The molecule has 142 valence electrons. The van der Waals surface area contributed by atoms with Crippen molar-refractivity contribution in [1.29, 1.82) is 0 Å². The van der Waals surface area contributed by atoms with E-state index in [2.05, 4.69) is 50.1 Å². The van der Waals surface area contributed by atoms with Crippen molar-refractivity contribution < 1.29 is 9.21 Å². The van der Waals surface area contributed by atoms with Gasteiger partial charge in [0.25, 0.3) is 5.22 Å². The normalized spacial score (nSPS) is 10.5. The number of halogens is 1. The molecule has 0 fully saturated rings. The van der Waals surface area contributed by atoms with Crippen molar-refractivity contribution in [3.8, 4) is 23.3 Å². The number of thioether (sulfide) groups is 1. The number of ketones is 1. The highest BCUT2D eigenvalue weighted by Crippen LogP contribution is 2.29. The van der Waals surface area contributed by atoms with Gasteiger partial charge in [-0.05, 0) is 29.0 Å². The van der Waals surface area contributed by atoms with Crippen LogP contribution in [0.3, 0.4) is 0 Å². The molecule has 0 saturated heterocycles. The number of fused-ring (bicyclic) bond motifs is 1. The Labute approximate surface area is 180 Å². The minimum atomic E-state index is 0.00559. The Hall–Kier alpha value is -2.88. The van der Waals surface area contributed by atoms with E-state index >= 15 is 0 Å². The molecule has 6 heteroatoms. The quantitative estimate of drug-likeness (QED) is 0.206. The van der Waals surface area contributed by atoms with Gasteiger partial charge in [0.05, 0.1) is 12.2 Å². The summed E-state index contributed by atoms with van der Waals surface area (Å²) >= 11 is 4.72. The maximum Gasteiger partial charge on any atom is 0.277 e. The molecular formula is C23H15BrN2O2S. The van der Waals surface area contributed by atoms with Gasteiger partial charge in [0, 0.05) is 15.6 Å². The summed E-state index contributed by atoms with van der Waals surface area (Å²) < 4.78 is 6.73. The summed E-state index contributed by atoms with van der Waals surface area (Å²) in [5, 5.41) is 10.9. The smallest absolute Gasteiger partial charge is 0.277 e. The first-order valence-electron chi connectivity index (χ1n) is 8.89. The molecule has 0 aliphatic heterocycles. The van der Waals surface area contributed by atoms with Gasteiger partial charge in [-0.25, -0.2) is 0 Å². The van der Waals surface area contributed by atoms with Gasteiger partial charge in [-0.3, -0.25) is 4.79 Å². The van der Waals surface area contributed by atoms with E-state index in [1.54, 1.807) is 12.1 Å². The molecule has 0 aliphatic carbocycles. The molecule has 1 heterocycles. The topological polar surface area (TPSA) is 56.0 Å². The van der Waals surface area contributed by atoms with Crippen molar-refractivity contribution >= 4 is 44.2 Å². The van der Waals surface area contributed by atoms with Crippen molar-refractivity contribution in [2.24, 2.45) is 0 Å². The van der Waals surface area contributed by atoms with Crippen LogP contribution in [0.4, 0.5) is 0 Å². The maximum absolute atomic E-state index is 12.1. The Balaban J connectivity index is 1.36. The molecular weight excluding hydrogens is 448 g/mol. The molecule has 0 saturated carbocycles. The molecule has 4 rings (SSSR count). The van der Waals surface area contributed by atoms with Crippen LogP contribution in [0.15, 0.2) is 80.8 Å². The van der Waals surface area contributed by atoms with Crippen LogP contribution in [0.25, 0.3) is 22.2 Å². The second kappa shape index (κ2) is 9.08. The molecule has 0 radical (unpaired) electrons. The third-order valence-electron chi connectivity index (χ3n) is 4.23. The van der Waals surface area contributed by atoms with Crippen LogP contribution in [-0.2, 0) is 0 Å². The highest BCUT2D eigenvalue weighted by molar-refractivity contribution is 9.10. The van der Waals surface area contributed by atoms with E-state index in [0.29, 0.717) is 22.4 Å². The first-order valence-corrected chi connectivity index (χ1v) is 10.7. The summed E-state index contributed by atoms with van der Waals surface area (Å²) in [6.45, 7) is 0. The maximum atomic E-state index is 12.1. The van der Waals surface area contributed by atoms with E-state index in [1.165, 1.54) is 11.8 Å². The van der Waals surface area contributed by atoms with Crippen LogP contribution in [-0.4, -0.2) is 21.7 Å². The first-order chi connectivity index (χ1) is 14.2. The number of Topliss-reactive ketones (excluding diaryl/α,β-unsaturated/α-hetero) is 1. The van der Waals surface area contributed by atoms with Gasteiger partial charge in [0.15, 0.2) is 5.78 Å². The second-order valence-electron chi connectivity index (χ2n) is 6.15. The van der Waals surface area contributed by atoms with E-state index in [1.807, 2.05) is 42.5 Å². The van der Waals surface area contributed by atoms with Crippen LogP contribution in [0.2, 0.25) is 0 Å². The van der Waals surface area contributed by atoms with Crippen LogP contribution in [0.1, 0.15) is 16.8 Å². The molecule has 0 N–H and O–H groups in total. The van der Waals surface area contributed by atoms with Gasteiger partial charge < -0.3 is 4.42 Å². The number of carbonyl (C=O) groups is 1. The predicted octanol–water partition coefficient (Wildman–Crippen LogP) is 6.02. The Morgan fingerprint density at radius 2 is 1.76 bits per heavy atom. The lowest BCUT2D eigenvalue weighted by atomic mass is 10.0. The third-order valence-corrected chi connectivity index (χ3v) is 5.46. The molecule has 3 aromatic carbocycles. The number of benzene rings is 3. The number of hydrogen-bond acceptors (Lipinski definition) is 5. The SMILES string of the molecule is O=C(CC#CCSc1nnc(-c2cccc3ccccc23)o1)c1ccc(Br)cc1. The van der Waals surface area contributed by atoms with Gasteiger partial charge >= 0.3 is 0 Å². The van der Waals surface area contributed by atoms with Gasteiger partial charge in [-0.2, -0.15) is 0 Å². The van der Waals surface area contributed by atoms with Crippen LogP contribution in [0.5, 0.6) is 0 Å². The van der Waals surface area contributed by atoms with Crippen molar-refractivity contribution in [2.75, 3.05) is 5.75 Å². The lowest BCUT2D eigenvalue weighted by molar-refractivity contribution is 0.0998. The van der Waals surface area contributed by atoms with Crippen LogP contribution >= 0.6 is 27.7 Å². The van der Waals surface area contributed by atoms with Crippen molar-refractivity contribution in [1.82, 2.24) is 10.2 Å². The Kier molecular flexibility index (Phi) is 6.09. The zero-order chi connectivity index (χ0) is 20.1. The summed E-state index contributed by atoms with van der Waals surface area (Å²) in [6, 6.07) is 21.3. The van der Waals surface area contributed by atoms with Gasteiger partial charge in [0.2, 0.25) is 5.89 Å². The highest BCUT2D eigenvalue weighted by atomic mass is 79.9. The number of aromatic nitrogens is 2. The Bertz CT molecular complexity index is 1220. The zero-order valence-electron chi connectivity index (χ0n) is 15.3.